The second-order valence-electron chi connectivity index (χ2n) is 3.57. The fourth-order valence-corrected chi connectivity index (χ4v) is 1.03. The molecular weight excluding hydrogens is 182 g/mol. The summed E-state index contributed by atoms with van der Waals surface area (Å²) in [6.07, 6.45) is 0.407. The first-order valence-corrected chi connectivity index (χ1v) is 4.73. The maximum absolute atomic E-state index is 11.4. The topological polar surface area (TPSA) is 84.2 Å². The number of amides is 2. The van der Waals surface area contributed by atoms with Crippen LogP contribution in [0.1, 0.15) is 27.2 Å². The molecule has 0 aromatic rings. The van der Waals surface area contributed by atoms with Crippen LogP contribution in [-0.4, -0.2) is 30.4 Å². The monoisotopic (exact) mass is 201 g/mol. The molecule has 5 heteroatoms. The standard InChI is InChI=1S/C9H19N3O2/c1-4-7(13)9(2,3)12-8(14)11-6-5-10/h4-6,10H2,1-3H3,(H2,11,12,14). The molecule has 82 valence electrons. The molecule has 0 heterocycles. The zero-order valence-corrected chi connectivity index (χ0v) is 9.02. The van der Waals surface area contributed by atoms with Gasteiger partial charge in [0.05, 0.1) is 5.54 Å². The minimum Gasteiger partial charge on any atom is -0.337 e. The lowest BCUT2D eigenvalue weighted by Crippen LogP contribution is -2.53. The number of urea groups is 1. The molecule has 0 rings (SSSR count). The van der Waals surface area contributed by atoms with E-state index in [0.717, 1.165) is 0 Å². The third-order valence-electron chi connectivity index (χ3n) is 1.87. The van der Waals surface area contributed by atoms with Crippen LogP contribution in [0.4, 0.5) is 4.79 Å². The van der Waals surface area contributed by atoms with Gasteiger partial charge in [-0.1, -0.05) is 6.92 Å². The van der Waals surface area contributed by atoms with Gasteiger partial charge >= 0.3 is 6.03 Å². The Morgan fingerprint density at radius 2 is 1.93 bits per heavy atom. The van der Waals surface area contributed by atoms with E-state index in [4.69, 9.17) is 5.73 Å². The second kappa shape index (κ2) is 5.59. The van der Waals surface area contributed by atoms with E-state index in [1.54, 1.807) is 20.8 Å². The first kappa shape index (κ1) is 12.9. The molecule has 5 nitrogen and oxygen atoms in total. The Hall–Kier alpha value is -1.10. The predicted octanol–water partition coefficient (Wildman–Crippen LogP) is 0.00200. The van der Waals surface area contributed by atoms with Crippen LogP contribution in [0.5, 0.6) is 0 Å². The van der Waals surface area contributed by atoms with Gasteiger partial charge in [0.1, 0.15) is 0 Å². The van der Waals surface area contributed by atoms with E-state index >= 15 is 0 Å². The molecule has 0 aliphatic rings. The van der Waals surface area contributed by atoms with E-state index in [2.05, 4.69) is 10.6 Å². The Morgan fingerprint density at radius 3 is 2.36 bits per heavy atom. The largest absolute Gasteiger partial charge is 0.337 e. The number of Topliss-reactive ketones (excluding diaryl/α,β-unsaturated/α-hetero) is 1. The fourth-order valence-electron chi connectivity index (χ4n) is 1.03. The van der Waals surface area contributed by atoms with Crippen molar-refractivity contribution in [3.63, 3.8) is 0 Å². The Bertz CT molecular complexity index is 214. The van der Waals surface area contributed by atoms with Gasteiger partial charge in [-0.15, -0.1) is 0 Å². The lowest BCUT2D eigenvalue weighted by molar-refractivity contribution is -0.123. The van der Waals surface area contributed by atoms with Crippen molar-refractivity contribution in [3.05, 3.63) is 0 Å². The van der Waals surface area contributed by atoms with Gasteiger partial charge < -0.3 is 16.4 Å². The van der Waals surface area contributed by atoms with Crippen LogP contribution in [0.25, 0.3) is 0 Å². The van der Waals surface area contributed by atoms with Gasteiger partial charge in [0, 0.05) is 19.5 Å². The van der Waals surface area contributed by atoms with Crippen LogP contribution in [0, 0.1) is 0 Å². The van der Waals surface area contributed by atoms with Crippen molar-refractivity contribution in [2.24, 2.45) is 5.73 Å². The number of hydrogen-bond acceptors (Lipinski definition) is 3. The normalized spacial score (nSPS) is 10.9. The maximum Gasteiger partial charge on any atom is 0.315 e. The highest BCUT2D eigenvalue weighted by molar-refractivity contribution is 5.91. The Labute approximate surface area is 84.4 Å². The lowest BCUT2D eigenvalue weighted by Gasteiger charge is -2.24. The molecule has 0 saturated heterocycles. The highest BCUT2D eigenvalue weighted by Crippen LogP contribution is 2.05. The first-order chi connectivity index (χ1) is 6.44. The minimum absolute atomic E-state index is 0.000369. The Balaban J connectivity index is 4.08. The highest BCUT2D eigenvalue weighted by atomic mass is 16.2. The molecule has 0 atom stereocenters. The van der Waals surface area contributed by atoms with Gasteiger partial charge in [-0.05, 0) is 13.8 Å². The van der Waals surface area contributed by atoms with Crippen LogP contribution < -0.4 is 16.4 Å². The summed E-state index contributed by atoms with van der Waals surface area (Å²) in [6.45, 7) is 5.92. The van der Waals surface area contributed by atoms with E-state index in [0.29, 0.717) is 19.5 Å². The van der Waals surface area contributed by atoms with E-state index in [1.165, 1.54) is 0 Å². The molecule has 0 aromatic heterocycles. The second-order valence-corrected chi connectivity index (χ2v) is 3.57. The maximum atomic E-state index is 11.4. The smallest absolute Gasteiger partial charge is 0.315 e. The SMILES string of the molecule is CCC(=O)C(C)(C)NC(=O)NCCN. The summed E-state index contributed by atoms with van der Waals surface area (Å²) < 4.78 is 0. The van der Waals surface area contributed by atoms with Gasteiger partial charge in [0.15, 0.2) is 5.78 Å². The molecule has 2 amide bonds. The van der Waals surface area contributed by atoms with E-state index in [9.17, 15) is 9.59 Å². The zero-order chi connectivity index (χ0) is 11.2. The minimum atomic E-state index is -0.812. The predicted molar refractivity (Wildman–Crippen MR) is 55.0 cm³/mol. The molecule has 14 heavy (non-hydrogen) atoms. The average Bonchev–Trinajstić information content (AvgIpc) is 2.12. The quantitative estimate of drug-likeness (QED) is 0.585. The third-order valence-corrected chi connectivity index (χ3v) is 1.87. The van der Waals surface area contributed by atoms with Crippen LogP contribution in [-0.2, 0) is 4.79 Å². The van der Waals surface area contributed by atoms with Crippen molar-refractivity contribution >= 4 is 11.8 Å². The van der Waals surface area contributed by atoms with Crippen LogP contribution in [0.2, 0.25) is 0 Å². The van der Waals surface area contributed by atoms with Gasteiger partial charge in [-0.25, -0.2) is 4.79 Å². The summed E-state index contributed by atoms with van der Waals surface area (Å²) in [6, 6.07) is -0.359. The number of carbonyl (C=O) groups is 2. The van der Waals surface area contributed by atoms with Crippen LogP contribution >= 0.6 is 0 Å². The van der Waals surface area contributed by atoms with E-state index < -0.39 is 5.54 Å². The summed E-state index contributed by atoms with van der Waals surface area (Å²) >= 11 is 0. The number of ketones is 1. The highest BCUT2D eigenvalue weighted by Gasteiger charge is 2.27. The van der Waals surface area contributed by atoms with Crippen molar-refractivity contribution in [3.8, 4) is 0 Å². The van der Waals surface area contributed by atoms with Crippen LogP contribution in [0.15, 0.2) is 0 Å². The molecule has 0 spiro atoms. The number of carbonyl (C=O) groups excluding carboxylic acids is 2. The fraction of sp³-hybridized carbons (Fsp3) is 0.778. The molecular formula is C9H19N3O2. The molecule has 0 aliphatic carbocycles. The lowest BCUT2D eigenvalue weighted by atomic mass is 9.97. The van der Waals surface area contributed by atoms with Crippen molar-refractivity contribution in [2.45, 2.75) is 32.7 Å². The van der Waals surface area contributed by atoms with Crippen molar-refractivity contribution in [2.75, 3.05) is 13.1 Å². The number of nitrogens with two attached hydrogens (primary N) is 1. The number of hydrogen-bond donors (Lipinski definition) is 3. The Kier molecular flexibility index (Phi) is 5.15. The molecule has 0 fully saturated rings. The molecule has 0 aromatic carbocycles. The summed E-state index contributed by atoms with van der Waals surface area (Å²) in [5.41, 5.74) is 4.41. The summed E-state index contributed by atoms with van der Waals surface area (Å²) in [5.74, 6) is 0.000369. The van der Waals surface area contributed by atoms with Gasteiger partial charge in [-0.3, -0.25) is 4.79 Å². The van der Waals surface area contributed by atoms with Gasteiger partial charge in [-0.2, -0.15) is 0 Å². The zero-order valence-electron chi connectivity index (χ0n) is 9.02. The molecule has 0 saturated carbocycles. The summed E-state index contributed by atoms with van der Waals surface area (Å²) in [7, 11) is 0. The molecule has 0 bridgehead atoms. The number of rotatable bonds is 5. The average molecular weight is 201 g/mol. The van der Waals surface area contributed by atoms with Crippen LogP contribution in [0.3, 0.4) is 0 Å². The summed E-state index contributed by atoms with van der Waals surface area (Å²) in [4.78, 5) is 22.6. The van der Waals surface area contributed by atoms with Crippen molar-refractivity contribution < 1.29 is 9.59 Å². The third kappa shape index (κ3) is 4.23. The van der Waals surface area contributed by atoms with E-state index in [1.807, 2.05) is 0 Å². The van der Waals surface area contributed by atoms with Gasteiger partial charge in [0.25, 0.3) is 0 Å². The molecule has 4 N–H and O–H groups in total. The Morgan fingerprint density at radius 1 is 1.36 bits per heavy atom. The molecule has 0 aliphatic heterocycles. The van der Waals surface area contributed by atoms with Gasteiger partial charge in [0.2, 0.25) is 0 Å². The first-order valence-electron chi connectivity index (χ1n) is 4.73. The molecule has 0 radical (unpaired) electrons. The van der Waals surface area contributed by atoms with Crippen molar-refractivity contribution in [1.82, 2.24) is 10.6 Å². The number of nitrogens with one attached hydrogen (secondary N) is 2. The van der Waals surface area contributed by atoms with E-state index in [-0.39, 0.29) is 11.8 Å². The molecule has 0 unspecified atom stereocenters. The van der Waals surface area contributed by atoms with Crippen molar-refractivity contribution in [1.29, 1.82) is 0 Å². The summed E-state index contributed by atoms with van der Waals surface area (Å²) in [5, 5.41) is 5.13.